The average Bonchev–Trinajstić information content (AvgIpc) is 3.20. The Labute approximate surface area is 202 Å². The zero-order valence-electron chi connectivity index (χ0n) is 19.1. The van der Waals surface area contributed by atoms with E-state index in [1.54, 1.807) is 18.2 Å². The van der Waals surface area contributed by atoms with Gasteiger partial charge in [-0.15, -0.1) is 0 Å². The maximum Gasteiger partial charge on any atom is 0.153 e. The molecule has 3 aromatic carbocycles. The third-order valence-electron chi connectivity index (χ3n) is 6.46. The van der Waals surface area contributed by atoms with Crippen molar-refractivity contribution < 1.29 is 24.1 Å². The van der Waals surface area contributed by atoms with Gasteiger partial charge in [-0.05, 0) is 53.8 Å². The summed E-state index contributed by atoms with van der Waals surface area (Å²) in [4.78, 5) is 14.7. The standard InChI is InChI=1S/C27H25N3O5/c28-30-29-13-5-1-2-6-14-33-19-10-12-23-25(16-19)34-24-15-18(32)9-11-22(24)27(23)21-8-4-3-7-20(21)26(17-31)35-27/h3-4,7-12,15-17,26,32H,1-2,5-6,13-14H2. The van der Waals surface area contributed by atoms with Gasteiger partial charge in [0.05, 0.1) is 6.61 Å². The number of carbonyl (C=O) groups excluding carboxylic acids is 1. The number of hydrogen-bond acceptors (Lipinski definition) is 6. The number of phenols is 1. The first-order chi connectivity index (χ1) is 17.2. The normalized spacial score (nSPS) is 19.1. The van der Waals surface area contributed by atoms with Crippen molar-refractivity contribution >= 4 is 6.29 Å². The number of phenolic OH excluding ortho intramolecular Hbond substituents is 1. The molecule has 2 atom stereocenters. The molecule has 1 N–H and O–H groups in total. The van der Waals surface area contributed by atoms with Gasteiger partial charge in [0.25, 0.3) is 0 Å². The Hall–Kier alpha value is -4.00. The average molecular weight is 472 g/mol. The second-order valence-corrected chi connectivity index (χ2v) is 8.60. The number of carbonyl (C=O) groups is 1. The summed E-state index contributed by atoms with van der Waals surface area (Å²) in [6.45, 7) is 1.07. The van der Waals surface area contributed by atoms with Crippen LogP contribution >= 0.6 is 0 Å². The van der Waals surface area contributed by atoms with Crippen molar-refractivity contribution in [3.63, 3.8) is 0 Å². The largest absolute Gasteiger partial charge is 0.508 e. The number of azide groups is 1. The van der Waals surface area contributed by atoms with E-state index >= 15 is 0 Å². The molecule has 5 rings (SSSR count). The van der Waals surface area contributed by atoms with Crippen LogP contribution in [0.1, 0.15) is 54.0 Å². The molecule has 0 amide bonds. The predicted octanol–water partition coefficient (Wildman–Crippen LogP) is 6.31. The number of nitrogens with zero attached hydrogens (tertiary/aromatic N) is 3. The van der Waals surface area contributed by atoms with Crippen LogP contribution in [0.4, 0.5) is 0 Å². The van der Waals surface area contributed by atoms with Gasteiger partial charge in [-0.3, -0.25) is 0 Å². The summed E-state index contributed by atoms with van der Waals surface area (Å²) in [6.07, 6.45) is 3.81. The molecule has 0 radical (unpaired) electrons. The Balaban J connectivity index is 1.44. The number of aldehydes is 1. The van der Waals surface area contributed by atoms with Gasteiger partial charge in [-0.2, -0.15) is 0 Å². The van der Waals surface area contributed by atoms with E-state index in [-0.39, 0.29) is 5.75 Å². The molecule has 178 valence electrons. The lowest BCUT2D eigenvalue weighted by molar-refractivity contribution is -0.123. The monoisotopic (exact) mass is 471 g/mol. The molecule has 0 saturated carbocycles. The molecular formula is C27H25N3O5. The molecule has 8 nitrogen and oxygen atoms in total. The maximum absolute atomic E-state index is 11.9. The Morgan fingerprint density at radius 1 is 1.00 bits per heavy atom. The van der Waals surface area contributed by atoms with Crippen LogP contribution in [0.2, 0.25) is 0 Å². The van der Waals surface area contributed by atoms with Crippen LogP contribution in [0.15, 0.2) is 65.8 Å². The molecule has 0 aliphatic carbocycles. The second kappa shape index (κ2) is 9.70. The van der Waals surface area contributed by atoms with E-state index in [0.29, 0.717) is 30.4 Å². The fourth-order valence-electron chi connectivity index (χ4n) is 4.89. The number of unbranched alkanes of at least 4 members (excludes halogenated alkanes) is 3. The topological polar surface area (TPSA) is 114 Å². The number of rotatable bonds is 9. The summed E-state index contributed by atoms with van der Waals surface area (Å²) in [5.41, 5.74) is 10.5. The smallest absolute Gasteiger partial charge is 0.153 e. The number of fused-ring (bicyclic) bond motifs is 6. The highest BCUT2D eigenvalue weighted by Gasteiger charge is 2.52. The Morgan fingerprint density at radius 2 is 1.77 bits per heavy atom. The van der Waals surface area contributed by atoms with Crippen LogP contribution < -0.4 is 9.47 Å². The molecular weight excluding hydrogens is 446 g/mol. The summed E-state index contributed by atoms with van der Waals surface area (Å²) in [6, 6.07) is 18.3. The van der Waals surface area contributed by atoms with Crippen molar-refractivity contribution in [3.8, 4) is 23.0 Å². The predicted molar refractivity (Wildman–Crippen MR) is 129 cm³/mol. The third-order valence-corrected chi connectivity index (χ3v) is 6.46. The van der Waals surface area contributed by atoms with Gasteiger partial charge in [0, 0.05) is 34.7 Å². The number of benzene rings is 3. The Kier molecular flexibility index (Phi) is 6.31. The highest BCUT2D eigenvalue weighted by molar-refractivity contribution is 5.71. The van der Waals surface area contributed by atoms with Crippen LogP contribution in [-0.2, 0) is 15.1 Å². The van der Waals surface area contributed by atoms with Gasteiger partial charge in [0.15, 0.2) is 11.9 Å². The fourth-order valence-corrected chi connectivity index (χ4v) is 4.89. The quantitative estimate of drug-likeness (QED) is 0.129. The Bertz CT molecular complexity index is 1300. The summed E-state index contributed by atoms with van der Waals surface area (Å²) >= 11 is 0. The van der Waals surface area contributed by atoms with Crippen molar-refractivity contribution in [1.82, 2.24) is 0 Å². The first kappa shape index (κ1) is 22.8. The van der Waals surface area contributed by atoms with Gasteiger partial charge in [-0.1, -0.05) is 42.2 Å². The lowest BCUT2D eigenvalue weighted by Gasteiger charge is -2.37. The van der Waals surface area contributed by atoms with Gasteiger partial charge < -0.3 is 24.1 Å². The summed E-state index contributed by atoms with van der Waals surface area (Å²) in [5, 5.41) is 13.7. The maximum atomic E-state index is 11.9. The zero-order chi connectivity index (χ0) is 24.3. The van der Waals surface area contributed by atoms with Crippen LogP contribution in [-0.4, -0.2) is 24.5 Å². The molecule has 8 heteroatoms. The van der Waals surface area contributed by atoms with E-state index in [0.717, 1.165) is 54.2 Å². The summed E-state index contributed by atoms with van der Waals surface area (Å²) in [7, 11) is 0. The molecule has 0 aromatic heterocycles. The first-order valence-electron chi connectivity index (χ1n) is 11.7. The minimum atomic E-state index is -1.04. The zero-order valence-corrected chi connectivity index (χ0v) is 19.1. The Morgan fingerprint density at radius 3 is 2.60 bits per heavy atom. The third kappa shape index (κ3) is 4.07. The molecule has 0 saturated heterocycles. The van der Waals surface area contributed by atoms with Crippen molar-refractivity contribution in [1.29, 1.82) is 0 Å². The highest BCUT2D eigenvalue weighted by atomic mass is 16.5. The molecule has 35 heavy (non-hydrogen) atoms. The van der Waals surface area contributed by atoms with E-state index in [2.05, 4.69) is 10.0 Å². The van der Waals surface area contributed by atoms with Crippen molar-refractivity contribution in [3.05, 3.63) is 93.4 Å². The van der Waals surface area contributed by atoms with Gasteiger partial charge in [0.2, 0.25) is 0 Å². The van der Waals surface area contributed by atoms with Crippen molar-refractivity contribution in [2.75, 3.05) is 13.2 Å². The molecule has 0 bridgehead atoms. The molecule has 2 aliphatic rings. The van der Waals surface area contributed by atoms with Crippen LogP contribution in [0, 0.1) is 0 Å². The van der Waals surface area contributed by atoms with Crippen molar-refractivity contribution in [2.24, 2.45) is 5.11 Å². The minimum Gasteiger partial charge on any atom is -0.508 e. The second-order valence-electron chi connectivity index (χ2n) is 8.60. The van der Waals surface area contributed by atoms with Crippen LogP contribution in [0.3, 0.4) is 0 Å². The molecule has 1 spiro atoms. The number of hydrogen-bond donors (Lipinski definition) is 1. The number of ether oxygens (including phenoxy) is 3. The SMILES string of the molecule is [N-]=[N+]=NCCCCCCOc1ccc2c(c1)Oc1cc(O)ccc1C21OC(C=O)c2ccccc21. The molecule has 3 aromatic rings. The van der Waals surface area contributed by atoms with Crippen LogP contribution in [0.25, 0.3) is 10.4 Å². The van der Waals surface area contributed by atoms with Crippen LogP contribution in [0.5, 0.6) is 23.0 Å². The molecule has 0 fully saturated rings. The molecule has 2 unspecified atom stereocenters. The molecule has 2 heterocycles. The highest BCUT2D eigenvalue weighted by Crippen LogP contribution is 2.59. The van der Waals surface area contributed by atoms with Gasteiger partial charge >= 0.3 is 0 Å². The fraction of sp³-hybridized carbons (Fsp3) is 0.296. The lowest BCUT2D eigenvalue weighted by Crippen LogP contribution is -2.32. The van der Waals surface area contributed by atoms with Gasteiger partial charge in [0.1, 0.15) is 29.1 Å². The summed E-state index contributed by atoms with van der Waals surface area (Å²) < 4.78 is 18.7. The lowest BCUT2D eigenvalue weighted by atomic mass is 9.77. The van der Waals surface area contributed by atoms with Gasteiger partial charge in [-0.25, -0.2) is 0 Å². The molecule has 2 aliphatic heterocycles. The van der Waals surface area contributed by atoms with E-state index in [1.165, 1.54) is 0 Å². The first-order valence-corrected chi connectivity index (χ1v) is 11.7. The van der Waals surface area contributed by atoms with E-state index in [4.69, 9.17) is 19.7 Å². The van der Waals surface area contributed by atoms with E-state index in [9.17, 15) is 9.90 Å². The van der Waals surface area contributed by atoms with E-state index in [1.807, 2.05) is 42.5 Å². The van der Waals surface area contributed by atoms with Crippen molar-refractivity contribution in [2.45, 2.75) is 37.4 Å². The number of aromatic hydroxyl groups is 1. The minimum absolute atomic E-state index is 0.0773. The van der Waals surface area contributed by atoms with E-state index < -0.39 is 11.7 Å². The summed E-state index contributed by atoms with van der Waals surface area (Å²) in [5.74, 6) is 1.76.